The fourth-order valence-electron chi connectivity index (χ4n) is 3.46. The summed E-state index contributed by atoms with van der Waals surface area (Å²) in [4.78, 5) is 19.2. The number of hydrogen-bond donors (Lipinski definition) is 0. The van der Waals surface area contributed by atoms with E-state index in [0.717, 1.165) is 12.0 Å². The summed E-state index contributed by atoms with van der Waals surface area (Å²) in [6.45, 7) is 6.15. The maximum Gasteiger partial charge on any atom is 0.235 e. The SMILES string of the molecule is CCC(C)c1ccc(COCN(COC)c2nc(N(COC)COC)nc(N(COC)COC)n2)cc1. The molecule has 1 atom stereocenters. The van der Waals surface area contributed by atoms with Crippen LogP contribution < -0.4 is 14.7 Å². The van der Waals surface area contributed by atoms with Gasteiger partial charge in [0.1, 0.15) is 40.4 Å². The Morgan fingerprint density at radius 1 is 0.622 bits per heavy atom. The van der Waals surface area contributed by atoms with Crippen molar-refractivity contribution < 1.29 is 28.4 Å². The molecular formula is C25H42N6O6. The van der Waals surface area contributed by atoms with Crippen LogP contribution in [-0.2, 0) is 35.0 Å². The van der Waals surface area contributed by atoms with E-state index in [1.54, 1.807) is 50.2 Å². The molecule has 0 radical (unpaired) electrons. The van der Waals surface area contributed by atoms with E-state index >= 15 is 0 Å². The number of ether oxygens (including phenoxy) is 6. The molecule has 0 saturated carbocycles. The molecule has 37 heavy (non-hydrogen) atoms. The zero-order valence-corrected chi connectivity index (χ0v) is 23.2. The molecule has 0 N–H and O–H groups in total. The standard InChI is InChI=1S/C25H42N6O6/c1-8-20(2)22-11-9-21(10-12-22)13-37-19-31(18-36-7)25-27-23(29(14-32-3)15-33-4)26-24(28-25)30(16-34-5)17-35-6/h9-12,20H,8,13-19H2,1-7H3. The van der Waals surface area contributed by atoms with Gasteiger partial charge in [0.2, 0.25) is 17.8 Å². The first kappa shape index (κ1) is 30.6. The summed E-state index contributed by atoms with van der Waals surface area (Å²) in [5.74, 6) is 1.62. The summed E-state index contributed by atoms with van der Waals surface area (Å²) in [7, 11) is 7.97. The third-order valence-electron chi connectivity index (χ3n) is 5.55. The summed E-state index contributed by atoms with van der Waals surface area (Å²) < 4.78 is 32.7. The lowest BCUT2D eigenvalue weighted by Gasteiger charge is -2.27. The summed E-state index contributed by atoms with van der Waals surface area (Å²) in [5, 5.41) is 0. The molecule has 0 aliphatic heterocycles. The van der Waals surface area contributed by atoms with Crippen molar-refractivity contribution in [2.75, 3.05) is 90.6 Å². The van der Waals surface area contributed by atoms with Crippen molar-refractivity contribution in [1.29, 1.82) is 0 Å². The van der Waals surface area contributed by atoms with Crippen molar-refractivity contribution in [3.05, 3.63) is 35.4 Å². The highest BCUT2D eigenvalue weighted by molar-refractivity contribution is 5.45. The Bertz CT molecular complexity index is 844. The Morgan fingerprint density at radius 2 is 1.00 bits per heavy atom. The molecule has 0 fully saturated rings. The molecule has 1 aromatic carbocycles. The van der Waals surface area contributed by atoms with Gasteiger partial charge in [-0.3, -0.25) is 14.7 Å². The van der Waals surface area contributed by atoms with Gasteiger partial charge < -0.3 is 28.4 Å². The Hall–Kier alpha value is -2.61. The smallest absolute Gasteiger partial charge is 0.235 e. The second-order valence-corrected chi connectivity index (χ2v) is 8.47. The van der Waals surface area contributed by atoms with Crippen LogP contribution in [0.5, 0.6) is 0 Å². The normalized spacial score (nSPS) is 12.0. The number of aromatic nitrogens is 3. The van der Waals surface area contributed by atoms with Crippen LogP contribution in [0.15, 0.2) is 24.3 Å². The first-order chi connectivity index (χ1) is 18.0. The molecule has 0 saturated heterocycles. The lowest BCUT2D eigenvalue weighted by molar-refractivity contribution is 0.0932. The molecule has 12 heteroatoms. The highest BCUT2D eigenvalue weighted by Crippen LogP contribution is 2.21. The van der Waals surface area contributed by atoms with Crippen molar-refractivity contribution in [1.82, 2.24) is 15.0 Å². The maximum atomic E-state index is 6.03. The predicted molar refractivity (Wildman–Crippen MR) is 141 cm³/mol. The lowest BCUT2D eigenvalue weighted by atomic mass is 9.98. The molecule has 0 spiro atoms. The summed E-state index contributed by atoms with van der Waals surface area (Å²) in [6, 6.07) is 8.51. The number of methoxy groups -OCH3 is 5. The second kappa shape index (κ2) is 17.0. The molecule has 0 aliphatic rings. The highest BCUT2D eigenvalue weighted by Gasteiger charge is 2.21. The quantitative estimate of drug-likeness (QED) is 0.253. The second-order valence-electron chi connectivity index (χ2n) is 8.47. The van der Waals surface area contributed by atoms with Gasteiger partial charge >= 0.3 is 0 Å². The predicted octanol–water partition coefficient (Wildman–Crippen LogP) is 3.00. The Balaban J connectivity index is 2.29. The van der Waals surface area contributed by atoms with Gasteiger partial charge in [-0.25, -0.2) is 0 Å². The monoisotopic (exact) mass is 522 g/mol. The number of anilines is 3. The topological polar surface area (TPSA) is 104 Å². The third-order valence-corrected chi connectivity index (χ3v) is 5.55. The third kappa shape index (κ3) is 9.65. The minimum Gasteiger partial charge on any atom is -0.364 e. The first-order valence-corrected chi connectivity index (χ1v) is 12.1. The molecule has 12 nitrogen and oxygen atoms in total. The molecule has 208 valence electrons. The molecular weight excluding hydrogens is 480 g/mol. The number of rotatable bonds is 19. The van der Waals surface area contributed by atoms with Crippen LogP contribution in [0.1, 0.15) is 37.3 Å². The van der Waals surface area contributed by atoms with E-state index in [1.807, 2.05) is 0 Å². The van der Waals surface area contributed by atoms with Crippen molar-refractivity contribution >= 4 is 17.8 Å². The van der Waals surface area contributed by atoms with Gasteiger partial charge in [-0.15, -0.1) is 0 Å². The van der Waals surface area contributed by atoms with Crippen LogP contribution in [0, 0.1) is 0 Å². The Labute approximate surface area is 220 Å². The molecule has 2 aromatic rings. The van der Waals surface area contributed by atoms with Crippen molar-refractivity contribution in [3.63, 3.8) is 0 Å². The summed E-state index contributed by atoms with van der Waals surface area (Å²) in [5.41, 5.74) is 2.41. The van der Waals surface area contributed by atoms with E-state index < -0.39 is 0 Å². The van der Waals surface area contributed by atoms with Crippen LogP contribution >= 0.6 is 0 Å². The van der Waals surface area contributed by atoms with Crippen molar-refractivity contribution in [2.45, 2.75) is 32.8 Å². The minimum absolute atomic E-state index is 0.201. The Kier molecular flexibility index (Phi) is 14.1. The van der Waals surface area contributed by atoms with Gasteiger partial charge in [-0.1, -0.05) is 38.1 Å². The van der Waals surface area contributed by atoms with Gasteiger partial charge in [0.25, 0.3) is 0 Å². The number of benzene rings is 1. The average molecular weight is 523 g/mol. The largest absolute Gasteiger partial charge is 0.364 e. The van der Waals surface area contributed by atoms with Crippen LogP contribution in [-0.4, -0.2) is 90.9 Å². The van der Waals surface area contributed by atoms with E-state index in [-0.39, 0.29) is 40.4 Å². The molecule has 0 amide bonds. The Morgan fingerprint density at radius 3 is 1.35 bits per heavy atom. The number of hydrogen-bond acceptors (Lipinski definition) is 12. The molecule has 1 unspecified atom stereocenters. The first-order valence-electron chi connectivity index (χ1n) is 12.1. The van der Waals surface area contributed by atoms with Crippen LogP contribution in [0.2, 0.25) is 0 Å². The van der Waals surface area contributed by atoms with Gasteiger partial charge in [0.15, 0.2) is 0 Å². The lowest BCUT2D eigenvalue weighted by Crippen LogP contribution is -2.36. The van der Waals surface area contributed by atoms with Gasteiger partial charge in [-0.2, -0.15) is 15.0 Å². The molecule has 0 bridgehead atoms. The van der Waals surface area contributed by atoms with Crippen LogP contribution in [0.3, 0.4) is 0 Å². The van der Waals surface area contributed by atoms with Crippen molar-refractivity contribution in [3.8, 4) is 0 Å². The van der Waals surface area contributed by atoms with E-state index in [9.17, 15) is 0 Å². The zero-order valence-electron chi connectivity index (χ0n) is 23.2. The summed E-state index contributed by atoms with van der Waals surface area (Å²) >= 11 is 0. The zero-order chi connectivity index (χ0) is 27.0. The van der Waals surface area contributed by atoms with Crippen molar-refractivity contribution in [2.24, 2.45) is 0 Å². The maximum absolute atomic E-state index is 6.03. The van der Waals surface area contributed by atoms with E-state index in [1.165, 1.54) is 5.56 Å². The van der Waals surface area contributed by atoms with Crippen LogP contribution in [0.25, 0.3) is 0 Å². The average Bonchev–Trinajstić information content (AvgIpc) is 2.92. The molecule has 0 aliphatic carbocycles. The van der Waals surface area contributed by atoms with Crippen LogP contribution in [0.4, 0.5) is 17.8 Å². The fourth-order valence-corrected chi connectivity index (χ4v) is 3.46. The van der Waals surface area contributed by atoms with Gasteiger partial charge in [0.05, 0.1) is 6.61 Å². The van der Waals surface area contributed by atoms with Gasteiger partial charge in [-0.05, 0) is 23.5 Å². The molecule has 2 rings (SSSR count). The highest BCUT2D eigenvalue weighted by atomic mass is 16.5. The molecule has 1 heterocycles. The van der Waals surface area contributed by atoms with E-state index in [4.69, 9.17) is 28.4 Å². The van der Waals surface area contributed by atoms with Gasteiger partial charge in [0, 0.05) is 35.5 Å². The van der Waals surface area contributed by atoms with E-state index in [0.29, 0.717) is 30.4 Å². The summed E-state index contributed by atoms with van der Waals surface area (Å²) in [6.07, 6.45) is 1.11. The van der Waals surface area contributed by atoms with E-state index in [2.05, 4.69) is 53.1 Å². The number of nitrogens with zero attached hydrogens (tertiary/aromatic N) is 6. The molecule has 1 aromatic heterocycles. The minimum atomic E-state index is 0.201. The fraction of sp³-hybridized carbons (Fsp3) is 0.640.